The number of rotatable bonds is 0. The molecule has 0 saturated carbocycles. The number of phenolic OH excluding ortho intramolecular Hbond substituents is 2. The standard InChI is InChI=1S/2C15H24O.C2H5.Al/c2*1-10-8-11(14(2,3)4)13(16)12(9-10)15(5,6)7;1-2;/h2*8-9,16H,1-7H3;1H2,2H3;. The average Bonchev–Trinajstić information content (AvgIpc) is 2.62. The minimum atomic E-state index is -0.0178. The molecular weight excluding hydrogens is 443 g/mol. The fourth-order valence-electron chi connectivity index (χ4n) is 3.84. The molecule has 0 amide bonds. The topological polar surface area (TPSA) is 40.5 Å². The fourth-order valence-corrected chi connectivity index (χ4v) is 3.84. The van der Waals surface area contributed by atoms with Gasteiger partial charge < -0.3 is 10.2 Å². The molecule has 196 valence electrons. The van der Waals surface area contributed by atoms with E-state index in [1.165, 1.54) is 16.4 Å². The maximum absolute atomic E-state index is 10.4. The Kier molecular flexibility index (Phi) is 11.7. The van der Waals surface area contributed by atoms with E-state index in [0.717, 1.165) is 22.3 Å². The molecule has 0 atom stereocenters. The highest BCUT2D eigenvalue weighted by molar-refractivity contribution is 6.08. The van der Waals surface area contributed by atoms with Crippen molar-refractivity contribution in [2.45, 2.75) is 131 Å². The van der Waals surface area contributed by atoms with Crippen molar-refractivity contribution in [1.29, 1.82) is 0 Å². The predicted octanol–water partition coefficient (Wildman–Crippen LogP) is 9.18. The molecule has 0 heterocycles. The molecule has 3 heteroatoms. The van der Waals surface area contributed by atoms with E-state index < -0.39 is 0 Å². The summed E-state index contributed by atoms with van der Waals surface area (Å²) in [6.07, 6.45) is 0. The van der Waals surface area contributed by atoms with Gasteiger partial charge >= 0.3 is 0 Å². The molecule has 0 aromatic heterocycles. The Hall–Kier alpha value is -1.43. The van der Waals surface area contributed by atoms with E-state index in [-0.39, 0.29) is 21.7 Å². The predicted molar refractivity (Wildman–Crippen MR) is 157 cm³/mol. The summed E-state index contributed by atoms with van der Waals surface area (Å²) in [6, 6.07) is 8.35. The summed E-state index contributed by atoms with van der Waals surface area (Å²) < 4.78 is 0. The fraction of sp³-hybridized carbons (Fsp3) is 0.625. The van der Waals surface area contributed by atoms with Crippen LogP contribution in [0.5, 0.6) is 11.5 Å². The van der Waals surface area contributed by atoms with Gasteiger partial charge in [0.05, 0.1) is 0 Å². The number of aryl methyl sites for hydroxylation is 2. The van der Waals surface area contributed by atoms with Gasteiger partial charge in [0, 0.05) is 0 Å². The minimum Gasteiger partial charge on any atom is -0.507 e. The molecule has 0 aliphatic heterocycles. The molecular formula is C32H53AlO2. The van der Waals surface area contributed by atoms with Crippen LogP contribution in [-0.4, -0.2) is 26.5 Å². The molecule has 2 radical (unpaired) electrons. The maximum Gasteiger partial charge on any atom is 0.123 e. The summed E-state index contributed by atoms with van der Waals surface area (Å²) >= 11 is 2.58. The second-order valence-corrected chi connectivity index (χ2v) is 14.6. The van der Waals surface area contributed by atoms with Crippen LogP contribution in [-0.2, 0) is 21.7 Å². The van der Waals surface area contributed by atoms with Crippen molar-refractivity contribution >= 4 is 16.3 Å². The number of hydrogen-bond acceptors (Lipinski definition) is 2. The van der Waals surface area contributed by atoms with Gasteiger partial charge in [-0.05, 0) is 57.8 Å². The molecule has 2 nitrogen and oxygen atoms in total. The molecule has 0 aliphatic carbocycles. The number of aromatic hydroxyl groups is 2. The van der Waals surface area contributed by atoms with Gasteiger partial charge in [-0.3, -0.25) is 0 Å². The largest absolute Gasteiger partial charge is 0.507 e. The van der Waals surface area contributed by atoms with Gasteiger partial charge in [0.25, 0.3) is 0 Å². The van der Waals surface area contributed by atoms with Crippen molar-refractivity contribution in [3.8, 4) is 11.5 Å². The average molecular weight is 497 g/mol. The third kappa shape index (κ3) is 10.2. The van der Waals surface area contributed by atoms with E-state index in [2.05, 4.69) is 144 Å². The van der Waals surface area contributed by atoms with Gasteiger partial charge in [0.2, 0.25) is 0 Å². The van der Waals surface area contributed by atoms with Crippen LogP contribution in [0.3, 0.4) is 0 Å². The Morgan fingerprint density at radius 3 is 0.771 bits per heavy atom. The Bertz CT molecular complexity index is 810. The maximum atomic E-state index is 10.4. The second-order valence-electron chi connectivity index (χ2n) is 13.8. The van der Waals surface area contributed by atoms with Crippen molar-refractivity contribution in [2.24, 2.45) is 0 Å². The first-order valence-electron chi connectivity index (χ1n) is 12.9. The van der Waals surface area contributed by atoms with E-state index in [9.17, 15) is 10.2 Å². The molecule has 2 aromatic rings. The molecule has 0 unspecified atom stereocenters. The van der Waals surface area contributed by atoms with Crippen LogP contribution in [0.2, 0.25) is 5.28 Å². The smallest absolute Gasteiger partial charge is 0.123 e. The lowest BCUT2D eigenvalue weighted by atomic mass is 9.78. The van der Waals surface area contributed by atoms with Crippen molar-refractivity contribution in [1.82, 2.24) is 0 Å². The normalized spacial score (nSPS) is 12.3. The highest BCUT2D eigenvalue weighted by atomic mass is 27.0. The van der Waals surface area contributed by atoms with Crippen LogP contribution >= 0.6 is 0 Å². The molecule has 2 N–H and O–H groups in total. The van der Waals surface area contributed by atoms with Crippen LogP contribution in [0.15, 0.2) is 24.3 Å². The first-order valence-corrected chi connectivity index (χ1v) is 13.7. The lowest BCUT2D eigenvalue weighted by Gasteiger charge is -2.27. The number of hydrogen-bond donors (Lipinski definition) is 2. The van der Waals surface area contributed by atoms with Crippen molar-refractivity contribution in [3.63, 3.8) is 0 Å². The monoisotopic (exact) mass is 496 g/mol. The minimum absolute atomic E-state index is 0.0178. The molecule has 0 fully saturated rings. The van der Waals surface area contributed by atoms with Crippen molar-refractivity contribution in [3.05, 3.63) is 57.6 Å². The third-order valence-corrected chi connectivity index (χ3v) is 5.74. The molecule has 2 rings (SSSR count). The molecule has 2 aromatic carbocycles. The van der Waals surface area contributed by atoms with E-state index in [1.54, 1.807) is 0 Å². The van der Waals surface area contributed by atoms with Gasteiger partial charge in [-0.25, -0.2) is 0 Å². The van der Waals surface area contributed by atoms with Crippen LogP contribution in [0.1, 0.15) is 123 Å². The van der Waals surface area contributed by atoms with Crippen LogP contribution in [0, 0.1) is 13.8 Å². The van der Waals surface area contributed by atoms with Crippen molar-refractivity contribution < 1.29 is 10.2 Å². The van der Waals surface area contributed by atoms with Crippen molar-refractivity contribution in [2.75, 3.05) is 0 Å². The number of benzene rings is 2. The van der Waals surface area contributed by atoms with Crippen LogP contribution < -0.4 is 0 Å². The summed E-state index contributed by atoms with van der Waals surface area (Å²) in [5.41, 5.74) is 6.52. The zero-order valence-electron chi connectivity index (χ0n) is 25.5. The first kappa shape index (κ1) is 33.6. The summed E-state index contributed by atoms with van der Waals surface area (Å²) in [4.78, 5) is 0. The lowest BCUT2D eigenvalue weighted by Crippen LogP contribution is -2.17. The van der Waals surface area contributed by atoms with Gasteiger partial charge in [-0.15, -0.1) is 5.28 Å². The zero-order chi connectivity index (χ0) is 28.2. The molecule has 0 bridgehead atoms. The van der Waals surface area contributed by atoms with E-state index in [0.29, 0.717) is 11.5 Å². The van der Waals surface area contributed by atoms with E-state index >= 15 is 0 Å². The highest BCUT2D eigenvalue weighted by Crippen LogP contribution is 2.40. The Morgan fingerprint density at radius 1 is 0.514 bits per heavy atom. The van der Waals surface area contributed by atoms with Gasteiger partial charge in [-0.1, -0.05) is 125 Å². The highest BCUT2D eigenvalue weighted by Gasteiger charge is 2.26. The summed E-state index contributed by atoms with van der Waals surface area (Å²) in [7, 11) is 0. The molecule has 0 aliphatic rings. The molecule has 0 saturated heterocycles. The molecule has 0 spiro atoms. The van der Waals surface area contributed by atoms with Gasteiger partial charge in [0.1, 0.15) is 27.8 Å². The van der Waals surface area contributed by atoms with E-state index in [4.69, 9.17) is 0 Å². The van der Waals surface area contributed by atoms with Gasteiger partial charge in [0.15, 0.2) is 0 Å². The summed E-state index contributed by atoms with van der Waals surface area (Å²) in [6.45, 7) is 31.9. The third-order valence-electron chi connectivity index (χ3n) is 5.74. The lowest BCUT2D eigenvalue weighted by molar-refractivity contribution is 0.422. The number of phenols is 2. The summed E-state index contributed by atoms with van der Waals surface area (Å²) in [5, 5.41) is 21.9. The van der Waals surface area contributed by atoms with Crippen LogP contribution in [0.4, 0.5) is 0 Å². The van der Waals surface area contributed by atoms with E-state index in [1.807, 2.05) is 0 Å². The molecule has 35 heavy (non-hydrogen) atoms. The zero-order valence-corrected chi connectivity index (χ0v) is 26.6. The van der Waals surface area contributed by atoms with Gasteiger partial charge in [-0.2, -0.15) is 0 Å². The van der Waals surface area contributed by atoms with Crippen LogP contribution in [0.25, 0.3) is 0 Å². The summed E-state index contributed by atoms with van der Waals surface area (Å²) in [5.74, 6) is 0.927. The quantitative estimate of drug-likeness (QED) is 0.357. The SMILES string of the molecule is C[CH2][Al].Cc1cc(C(C)(C)C)c(O)c(C(C)(C)C)c1.Cc1cc(C(C)(C)C)c(O)c(C(C)(C)C)c1. The second kappa shape index (κ2) is 12.2. The Balaban J connectivity index is 0.000000594. The Labute approximate surface area is 226 Å². The Morgan fingerprint density at radius 2 is 0.657 bits per heavy atom. The first-order chi connectivity index (χ1) is 15.5.